The highest BCUT2D eigenvalue weighted by Crippen LogP contribution is 2.27. The Bertz CT molecular complexity index is 897. The van der Waals surface area contributed by atoms with Gasteiger partial charge in [0.2, 0.25) is 15.9 Å². The van der Waals surface area contributed by atoms with Gasteiger partial charge >= 0.3 is 0 Å². The fourth-order valence-electron chi connectivity index (χ4n) is 3.13. The number of piperidine rings is 1. The summed E-state index contributed by atoms with van der Waals surface area (Å²) in [5, 5.41) is 3.35. The number of carbonyl (C=O) groups excluding carboxylic acids is 1. The van der Waals surface area contributed by atoms with Crippen molar-refractivity contribution in [1.29, 1.82) is 0 Å². The third-order valence-corrected chi connectivity index (χ3v) is 6.75. The van der Waals surface area contributed by atoms with Crippen LogP contribution in [0.25, 0.3) is 0 Å². The molecular formula is C19H21ClN2O3S. The Morgan fingerprint density at radius 1 is 1.12 bits per heavy atom. The van der Waals surface area contributed by atoms with Crippen LogP contribution >= 0.6 is 11.6 Å². The van der Waals surface area contributed by atoms with E-state index in [1.54, 1.807) is 12.1 Å². The van der Waals surface area contributed by atoms with Crippen LogP contribution in [0.2, 0.25) is 5.02 Å². The number of para-hydroxylation sites is 1. The molecule has 1 fully saturated rings. The quantitative estimate of drug-likeness (QED) is 0.859. The molecule has 1 N–H and O–H groups in total. The lowest BCUT2D eigenvalue weighted by molar-refractivity contribution is -0.120. The maximum Gasteiger partial charge on any atom is 0.243 e. The Kier molecular flexibility index (Phi) is 5.65. The molecule has 1 aliphatic heterocycles. The standard InChI is InChI=1S/C19H21ClN2O3S/c1-14-6-2-3-7-17(14)21-19(23)18-8-4-5-13-22(18)26(24,25)16-11-9-15(20)10-12-16/h2-3,6-7,9-12,18H,4-5,8,13H2,1H3,(H,21,23)/t18-/m0/s1. The number of rotatable bonds is 4. The Hall–Kier alpha value is -1.89. The molecule has 26 heavy (non-hydrogen) atoms. The minimum Gasteiger partial charge on any atom is -0.324 e. The van der Waals surface area contributed by atoms with Crippen molar-refractivity contribution in [3.63, 3.8) is 0 Å². The maximum atomic E-state index is 13.0. The van der Waals surface area contributed by atoms with E-state index in [0.717, 1.165) is 18.4 Å². The Morgan fingerprint density at radius 3 is 2.50 bits per heavy atom. The van der Waals surface area contributed by atoms with Gasteiger partial charge in [0.15, 0.2) is 0 Å². The van der Waals surface area contributed by atoms with E-state index in [4.69, 9.17) is 11.6 Å². The first kappa shape index (κ1) is 18.9. The number of aryl methyl sites for hydroxylation is 1. The Labute approximate surface area is 159 Å². The number of nitrogens with one attached hydrogen (secondary N) is 1. The molecule has 1 atom stereocenters. The van der Waals surface area contributed by atoms with Crippen molar-refractivity contribution in [1.82, 2.24) is 4.31 Å². The van der Waals surface area contributed by atoms with Crippen molar-refractivity contribution in [3.8, 4) is 0 Å². The number of sulfonamides is 1. The maximum absolute atomic E-state index is 13.0. The molecule has 0 bridgehead atoms. The average molecular weight is 393 g/mol. The molecule has 5 nitrogen and oxygen atoms in total. The third kappa shape index (κ3) is 3.92. The fraction of sp³-hybridized carbons (Fsp3) is 0.316. The number of hydrogen-bond acceptors (Lipinski definition) is 3. The molecule has 1 amide bonds. The molecule has 2 aromatic rings. The lowest BCUT2D eigenvalue weighted by Gasteiger charge is -2.33. The number of hydrogen-bond donors (Lipinski definition) is 1. The van der Waals surface area contributed by atoms with E-state index < -0.39 is 16.1 Å². The molecule has 0 aliphatic carbocycles. The number of carbonyl (C=O) groups is 1. The first-order valence-corrected chi connectivity index (χ1v) is 10.4. The normalized spacial score (nSPS) is 18.5. The lowest BCUT2D eigenvalue weighted by atomic mass is 10.0. The Balaban J connectivity index is 1.86. The van der Waals surface area contributed by atoms with Crippen LogP contribution in [-0.2, 0) is 14.8 Å². The molecule has 3 rings (SSSR count). The third-order valence-electron chi connectivity index (χ3n) is 4.58. The average Bonchev–Trinajstić information content (AvgIpc) is 2.64. The van der Waals surface area contributed by atoms with Gasteiger partial charge in [-0.3, -0.25) is 4.79 Å². The second-order valence-electron chi connectivity index (χ2n) is 6.39. The lowest BCUT2D eigenvalue weighted by Crippen LogP contribution is -2.49. The molecule has 1 heterocycles. The van der Waals surface area contributed by atoms with Gasteiger partial charge in [0.05, 0.1) is 4.90 Å². The van der Waals surface area contributed by atoms with Gasteiger partial charge in [-0.05, 0) is 55.7 Å². The molecular weight excluding hydrogens is 372 g/mol. The second-order valence-corrected chi connectivity index (χ2v) is 8.71. The highest BCUT2D eigenvalue weighted by atomic mass is 35.5. The summed E-state index contributed by atoms with van der Waals surface area (Å²) in [6, 6.07) is 12.8. The van der Waals surface area contributed by atoms with E-state index in [0.29, 0.717) is 23.7 Å². The van der Waals surface area contributed by atoms with Crippen molar-refractivity contribution in [2.45, 2.75) is 37.1 Å². The minimum absolute atomic E-state index is 0.150. The van der Waals surface area contributed by atoms with Crippen LogP contribution in [0, 0.1) is 6.92 Å². The largest absolute Gasteiger partial charge is 0.324 e. The smallest absolute Gasteiger partial charge is 0.243 e. The van der Waals surface area contributed by atoms with Gasteiger partial charge in [0.1, 0.15) is 6.04 Å². The van der Waals surface area contributed by atoms with Gasteiger partial charge in [0.25, 0.3) is 0 Å². The van der Waals surface area contributed by atoms with Crippen LogP contribution in [0.3, 0.4) is 0 Å². The SMILES string of the molecule is Cc1ccccc1NC(=O)[C@@H]1CCCCN1S(=O)(=O)c1ccc(Cl)cc1. The van der Waals surface area contributed by atoms with E-state index >= 15 is 0 Å². The van der Waals surface area contributed by atoms with Crippen LogP contribution in [0.15, 0.2) is 53.4 Å². The van der Waals surface area contributed by atoms with E-state index in [1.807, 2.05) is 31.2 Å². The molecule has 138 valence electrons. The summed E-state index contributed by atoms with van der Waals surface area (Å²) in [4.78, 5) is 13.0. The molecule has 0 radical (unpaired) electrons. The van der Waals surface area contributed by atoms with Crippen LogP contribution in [0.4, 0.5) is 5.69 Å². The summed E-state index contributed by atoms with van der Waals surface area (Å²) >= 11 is 5.86. The van der Waals surface area contributed by atoms with Gasteiger partial charge in [0, 0.05) is 17.3 Å². The van der Waals surface area contributed by atoms with Crippen LogP contribution in [-0.4, -0.2) is 31.2 Å². The van der Waals surface area contributed by atoms with Gasteiger partial charge in [-0.25, -0.2) is 8.42 Å². The fourth-order valence-corrected chi connectivity index (χ4v) is 4.91. The van der Waals surface area contributed by atoms with E-state index in [-0.39, 0.29) is 10.8 Å². The van der Waals surface area contributed by atoms with Gasteiger partial charge in [-0.1, -0.05) is 36.2 Å². The summed E-state index contributed by atoms with van der Waals surface area (Å²) in [5.41, 5.74) is 1.63. The van der Waals surface area contributed by atoms with Crippen LogP contribution < -0.4 is 5.32 Å². The number of nitrogens with zero attached hydrogens (tertiary/aromatic N) is 1. The second kappa shape index (κ2) is 7.78. The minimum atomic E-state index is -3.76. The van der Waals surface area contributed by atoms with Gasteiger partial charge in [-0.2, -0.15) is 4.31 Å². The predicted octanol–water partition coefficient (Wildman–Crippen LogP) is 3.83. The number of anilines is 1. The van der Waals surface area contributed by atoms with Crippen molar-refractivity contribution >= 4 is 33.2 Å². The molecule has 1 aliphatic rings. The summed E-state index contributed by atoms with van der Waals surface area (Å²) < 4.78 is 27.4. The molecule has 0 spiro atoms. The molecule has 0 saturated carbocycles. The molecule has 1 saturated heterocycles. The highest BCUT2D eigenvalue weighted by Gasteiger charge is 2.37. The van der Waals surface area contributed by atoms with Crippen LogP contribution in [0.5, 0.6) is 0 Å². The zero-order chi connectivity index (χ0) is 18.7. The highest BCUT2D eigenvalue weighted by molar-refractivity contribution is 7.89. The molecule has 7 heteroatoms. The van der Waals surface area contributed by atoms with Crippen molar-refractivity contribution < 1.29 is 13.2 Å². The monoisotopic (exact) mass is 392 g/mol. The van der Waals surface area contributed by atoms with Crippen molar-refractivity contribution in [2.24, 2.45) is 0 Å². The first-order chi connectivity index (χ1) is 12.4. The van der Waals surface area contributed by atoms with Crippen molar-refractivity contribution in [2.75, 3.05) is 11.9 Å². The number of amides is 1. The molecule has 2 aromatic carbocycles. The predicted molar refractivity (Wildman–Crippen MR) is 103 cm³/mol. The summed E-state index contributed by atoms with van der Waals surface area (Å²) in [6.07, 6.45) is 2.06. The van der Waals surface area contributed by atoms with E-state index in [2.05, 4.69) is 5.32 Å². The van der Waals surface area contributed by atoms with Gasteiger partial charge < -0.3 is 5.32 Å². The topological polar surface area (TPSA) is 66.5 Å². The van der Waals surface area contributed by atoms with Gasteiger partial charge in [-0.15, -0.1) is 0 Å². The number of halogens is 1. The first-order valence-electron chi connectivity index (χ1n) is 8.53. The Morgan fingerprint density at radius 2 is 1.81 bits per heavy atom. The summed E-state index contributed by atoms with van der Waals surface area (Å²) in [5.74, 6) is -0.295. The zero-order valence-corrected chi connectivity index (χ0v) is 16.1. The van der Waals surface area contributed by atoms with Crippen LogP contribution in [0.1, 0.15) is 24.8 Å². The number of benzene rings is 2. The summed E-state index contributed by atoms with van der Waals surface area (Å²) in [7, 11) is -3.76. The molecule has 0 unspecified atom stereocenters. The van der Waals surface area contributed by atoms with E-state index in [9.17, 15) is 13.2 Å². The van der Waals surface area contributed by atoms with E-state index in [1.165, 1.54) is 16.4 Å². The summed E-state index contributed by atoms with van der Waals surface area (Å²) in [6.45, 7) is 2.23. The molecule has 0 aromatic heterocycles. The zero-order valence-electron chi connectivity index (χ0n) is 14.5. The van der Waals surface area contributed by atoms with Crippen molar-refractivity contribution in [3.05, 3.63) is 59.1 Å².